The maximum atomic E-state index is 12.2. The van der Waals surface area contributed by atoms with Crippen LogP contribution in [0.5, 0.6) is 0 Å². The minimum atomic E-state index is -0.492. The van der Waals surface area contributed by atoms with Crippen molar-refractivity contribution in [2.75, 3.05) is 24.5 Å². The number of aryl methyl sites for hydroxylation is 1. The van der Waals surface area contributed by atoms with Crippen molar-refractivity contribution in [3.8, 4) is 0 Å². The van der Waals surface area contributed by atoms with Crippen LogP contribution in [0.3, 0.4) is 0 Å². The Hall–Kier alpha value is -2.38. The number of piperidine rings is 1. The maximum absolute atomic E-state index is 12.2. The van der Waals surface area contributed by atoms with Gasteiger partial charge in [0, 0.05) is 30.8 Å². The third-order valence-electron chi connectivity index (χ3n) is 4.65. The second-order valence-electron chi connectivity index (χ2n) is 8.24. The number of rotatable bonds is 2. The smallest absolute Gasteiger partial charge is 0.415 e. The van der Waals surface area contributed by atoms with Gasteiger partial charge in [0.2, 0.25) is 0 Å². The Bertz CT molecular complexity index is 723. The predicted molar refractivity (Wildman–Crippen MR) is 99.8 cm³/mol. The number of anilines is 1. The lowest BCUT2D eigenvalue weighted by molar-refractivity contribution is 0.0204. The molecule has 148 valence electrons. The van der Waals surface area contributed by atoms with Crippen molar-refractivity contribution < 1.29 is 19.1 Å². The van der Waals surface area contributed by atoms with Crippen LogP contribution in [0.15, 0.2) is 6.07 Å². The summed E-state index contributed by atoms with van der Waals surface area (Å²) in [6.07, 6.45) is 0.820. The minimum Gasteiger partial charge on any atom is -0.444 e. The Balaban J connectivity index is 1.68. The predicted octanol–water partition coefficient (Wildman–Crippen LogP) is 3.24. The number of carbonyl (C=O) groups is 2. The number of aromatic nitrogens is 2. The van der Waals surface area contributed by atoms with Crippen molar-refractivity contribution in [1.29, 1.82) is 0 Å². The highest BCUT2D eigenvalue weighted by molar-refractivity contribution is 5.88. The van der Waals surface area contributed by atoms with Crippen molar-refractivity contribution in [3.05, 3.63) is 17.6 Å². The molecule has 8 heteroatoms. The number of amides is 2. The van der Waals surface area contributed by atoms with Crippen molar-refractivity contribution in [2.24, 2.45) is 0 Å². The van der Waals surface area contributed by atoms with E-state index in [-0.39, 0.29) is 24.2 Å². The maximum Gasteiger partial charge on any atom is 0.415 e. The van der Waals surface area contributed by atoms with Gasteiger partial charge >= 0.3 is 12.2 Å². The monoisotopic (exact) mass is 376 g/mol. The second-order valence-corrected chi connectivity index (χ2v) is 8.24. The van der Waals surface area contributed by atoms with Crippen molar-refractivity contribution in [3.63, 3.8) is 0 Å². The van der Waals surface area contributed by atoms with Crippen LogP contribution in [0.1, 0.15) is 58.0 Å². The van der Waals surface area contributed by atoms with E-state index >= 15 is 0 Å². The zero-order valence-corrected chi connectivity index (χ0v) is 16.7. The summed E-state index contributed by atoms with van der Waals surface area (Å²) in [4.78, 5) is 36.5. The highest BCUT2D eigenvalue weighted by atomic mass is 16.6. The van der Waals surface area contributed by atoms with Gasteiger partial charge in [-0.25, -0.2) is 19.6 Å². The molecular weight excluding hydrogens is 348 g/mol. The second kappa shape index (κ2) is 7.32. The molecule has 2 fully saturated rings. The summed E-state index contributed by atoms with van der Waals surface area (Å²) in [6.45, 7) is 11.0. The van der Waals surface area contributed by atoms with Gasteiger partial charge in [0.1, 0.15) is 23.3 Å². The molecule has 0 aliphatic carbocycles. The minimum absolute atomic E-state index is 0.145. The zero-order valence-electron chi connectivity index (χ0n) is 16.7. The fourth-order valence-electron chi connectivity index (χ4n) is 3.40. The first-order chi connectivity index (χ1) is 12.6. The third-order valence-corrected chi connectivity index (χ3v) is 4.65. The molecule has 27 heavy (non-hydrogen) atoms. The molecule has 2 saturated heterocycles. The molecule has 1 aromatic rings. The Morgan fingerprint density at radius 3 is 2.48 bits per heavy atom. The number of nitrogens with zero attached hydrogens (tertiary/aromatic N) is 4. The SMILES string of the molecule is Cc1nc(C2CCN(C(=O)OC(C)(C)C)CC2)cc(N2C[C@H](C)OC2=O)n1. The van der Waals surface area contributed by atoms with E-state index in [2.05, 4.69) is 9.97 Å². The van der Waals surface area contributed by atoms with Crippen molar-refractivity contribution in [1.82, 2.24) is 14.9 Å². The number of likely N-dealkylation sites (tertiary alicyclic amines) is 1. The van der Waals surface area contributed by atoms with Crippen LogP contribution in [0, 0.1) is 6.92 Å². The molecule has 8 nitrogen and oxygen atoms in total. The molecule has 0 N–H and O–H groups in total. The fourth-order valence-corrected chi connectivity index (χ4v) is 3.40. The molecule has 0 bridgehead atoms. The number of cyclic esters (lactones) is 1. The van der Waals surface area contributed by atoms with Gasteiger partial charge < -0.3 is 14.4 Å². The van der Waals surface area contributed by atoms with Gasteiger partial charge in [-0.3, -0.25) is 4.90 Å². The summed E-state index contributed by atoms with van der Waals surface area (Å²) in [5.74, 6) is 1.44. The van der Waals surface area contributed by atoms with Crippen molar-refractivity contribution >= 4 is 18.0 Å². The molecule has 1 atom stereocenters. The Morgan fingerprint density at radius 1 is 1.26 bits per heavy atom. The van der Waals surface area contributed by atoms with Crippen LogP contribution in [-0.2, 0) is 9.47 Å². The first kappa shape index (κ1) is 19.4. The molecule has 3 rings (SSSR count). The third kappa shape index (κ3) is 4.67. The van der Waals surface area contributed by atoms with Gasteiger partial charge in [-0.2, -0.15) is 0 Å². The van der Waals surface area contributed by atoms with Crippen LogP contribution < -0.4 is 4.90 Å². The highest BCUT2D eigenvalue weighted by Gasteiger charge is 2.32. The van der Waals surface area contributed by atoms with Crippen LogP contribution >= 0.6 is 0 Å². The Kier molecular flexibility index (Phi) is 5.26. The Labute approximate surface area is 159 Å². The van der Waals surface area contributed by atoms with E-state index < -0.39 is 5.60 Å². The van der Waals surface area contributed by atoms with Crippen LogP contribution in [-0.4, -0.2) is 58.4 Å². The average Bonchev–Trinajstić information content (AvgIpc) is 2.91. The number of hydrogen-bond acceptors (Lipinski definition) is 6. The zero-order chi connectivity index (χ0) is 19.8. The van der Waals surface area contributed by atoms with E-state index in [0.29, 0.717) is 31.3 Å². The van der Waals surface area contributed by atoms with E-state index in [1.165, 1.54) is 0 Å². The van der Waals surface area contributed by atoms with E-state index in [0.717, 1.165) is 18.5 Å². The van der Waals surface area contributed by atoms with Crippen LogP contribution in [0.2, 0.25) is 0 Å². The lowest BCUT2D eigenvalue weighted by Crippen LogP contribution is -2.41. The standard InChI is InChI=1S/C19H28N4O4/c1-12-11-23(18(25)26-12)16-10-15(20-13(2)21-16)14-6-8-22(9-7-14)17(24)27-19(3,4)5/h10,12,14H,6-9,11H2,1-5H3/t12-/m0/s1. The quantitative estimate of drug-likeness (QED) is 0.788. The molecular formula is C19H28N4O4. The number of carbonyl (C=O) groups excluding carboxylic acids is 2. The van der Waals surface area contributed by atoms with Gasteiger partial charge in [-0.15, -0.1) is 0 Å². The van der Waals surface area contributed by atoms with E-state index in [9.17, 15) is 9.59 Å². The number of hydrogen-bond donors (Lipinski definition) is 0. The topological polar surface area (TPSA) is 84.9 Å². The van der Waals surface area contributed by atoms with Gasteiger partial charge in [-0.1, -0.05) is 0 Å². The summed E-state index contributed by atoms with van der Waals surface area (Å²) in [5.41, 5.74) is 0.419. The van der Waals surface area contributed by atoms with Crippen LogP contribution in [0.25, 0.3) is 0 Å². The molecule has 3 heterocycles. The van der Waals surface area contributed by atoms with Gasteiger partial charge in [0.05, 0.1) is 6.54 Å². The molecule has 2 aliphatic heterocycles. The first-order valence-electron chi connectivity index (χ1n) is 9.44. The van der Waals surface area contributed by atoms with Crippen molar-refractivity contribution in [2.45, 2.75) is 65.1 Å². The summed E-state index contributed by atoms with van der Waals surface area (Å²) in [7, 11) is 0. The van der Waals surface area contributed by atoms with Gasteiger partial charge in [0.15, 0.2) is 0 Å². The molecule has 0 unspecified atom stereocenters. The van der Waals surface area contributed by atoms with Gasteiger partial charge in [-0.05, 0) is 47.5 Å². The summed E-state index contributed by atoms with van der Waals surface area (Å²) in [5, 5.41) is 0. The van der Waals surface area contributed by atoms with Crippen LogP contribution in [0.4, 0.5) is 15.4 Å². The fraction of sp³-hybridized carbons (Fsp3) is 0.684. The van der Waals surface area contributed by atoms with Gasteiger partial charge in [0.25, 0.3) is 0 Å². The molecule has 2 aliphatic rings. The van der Waals surface area contributed by atoms with E-state index in [4.69, 9.17) is 9.47 Å². The molecule has 0 radical (unpaired) electrons. The Morgan fingerprint density at radius 2 is 1.93 bits per heavy atom. The summed E-state index contributed by atoms with van der Waals surface area (Å²) < 4.78 is 10.7. The lowest BCUT2D eigenvalue weighted by Gasteiger charge is -2.33. The highest BCUT2D eigenvalue weighted by Crippen LogP contribution is 2.30. The van der Waals surface area contributed by atoms with E-state index in [1.54, 1.807) is 9.80 Å². The normalized spacial score (nSPS) is 21.4. The van der Waals surface area contributed by atoms with E-state index in [1.807, 2.05) is 40.7 Å². The average molecular weight is 376 g/mol. The molecule has 0 aromatic carbocycles. The molecule has 0 spiro atoms. The molecule has 1 aromatic heterocycles. The molecule has 2 amide bonds. The first-order valence-corrected chi connectivity index (χ1v) is 9.44. The summed E-state index contributed by atoms with van der Waals surface area (Å²) in [6, 6.07) is 1.88. The number of ether oxygens (including phenoxy) is 2. The summed E-state index contributed by atoms with van der Waals surface area (Å²) >= 11 is 0. The molecule has 0 saturated carbocycles. The lowest BCUT2D eigenvalue weighted by atomic mass is 9.93. The largest absolute Gasteiger partial charge is 0.444 e.